The summed E-state index contributed by atoms with van der Waals surface area (Å²) < 4.78 is 22.1. The zero-order chi connectivity index (χ0) is 25.4. The molecule has 1 saturated heterocycles. The summed E-state index contributed by atoms with van der Waals surface area (Å²) in [5, 5.41) is 0. The van der Waals surface area contributed by atoms with Crippen LogP contribution in [0.2, 0.25) is 0 Å². The number of aromatic nitrogens is 3. The third kappa shape index (κ3) is 4.40. The Kier molecular flexibility index (Phi) is 6.01. The Hall–Kier alpha value is -4.31. The lowest BCUT2D eigenvalue weighted by atomic mass is 10.1. The Morgan fingerprint density at radius 2 is 1.73 bits per heavy atom. The molecule has 2 aromatic carbocycles. The average molecular weight is 501 g/mol. The standard InChI is InChI=1S/C27H28N6O4/c1-34-21-9-6-17(14-23(21)35-2)19-7-8-20-24(29-19)26(31-27(28)30-20)33-12-10-32(11-13-33)15-18-4-3-5-22-25(18)37-16-36-22/h3-9,14H,10-13,15-16H2,1-2H3,(H2,28,30,31). The Morgan fingerprint density at radius 1 is 0.892 bits per heavy atom. The second-order valence-corrected chi connectivity index (χ2v) is 8.95. The molecular weight excluding hydrogens is 472 g/mol. The van der Waals surface area contributed by atoms with Gasteiger partial charge in [-0.2, -0.15) is 4.98 Å². The quantitative estimate of drug-likeness (QED) is 0.423. The van der Waals surface area contributed by atoms with Gasteiger partial charge in [-0.1, -0.05) is 12.1 Å². The largest absolute Gasteiger partial charge is 0.493 e. The molecule has 6 rings (SSSR count). The first kappa shape index (κ1) is 23.1. The van der Waals surface area contributed by atoms with Gasteiger partial charge in [0.15, 0.2) is 28.8 Å². The maximum atomic E-state index is 6.09. The Balaban J connectivity index is 1.25. The van der Waals surface area contributed by atoms with Crippen LogP contribution >= 0.6 is 0 Å². The number of ether oxygens (including phenoxy) is 4. The predicted octanol–water partition coefficient (Wildman–Crippen LogP) is 3.34. The molecule has 4 aromatic rings. The summed E-state index contributed by atoms with van der Waals surface area (Å²) in [4.78, 5) is 18.6. The van der Waals surface area contributed by atoms with Gasteiger partial charge in [-0.3, -0.25) is 4.90 Å². The average Bonchev–Trinajstić information content (AvgIpc) is 3.42. The van der Waals surface area contributed by atoms with Crippen molar-refractivity contribution < 1.29 is 18.9 Å². The maximum Gasteiger partial charge on any atom is 0.231 e. The number of fused-ring (bicyclic) bond motifs is 2. The van der Waals surface area contributed by atoms with E-state index in [1.165, 1.54) is 0 Å². The SMILES string of the molecule is COc1ccc(-c2ccc3nc(N)nc(N4CCN(Cc5cccc6c5OCO6)CC4)c3n2)cc1OC. The summed E-state index contributed by atoms with van der Waals surface area (Å²) in [6, 6.07) is 15.7. The minimum Gasteiger partial charge on any atom is -0.493 e. The van der Waals surface area contributed by atoms with Gasteiger partial charge >= 0.3 is 0 Å². The predicted molar refractivity (Wildman–Crippen MR) is 140 cm³/mol. The number of hydrogen-bond acceptors (Lipinski definition) is 10. The van der Waals surface area contributed by atoms with Crippen LogP contribution in [0.25, 0.3) is 22.3 Å². The zero-order valence-electron chi connectivity index (χ0n) is 20.8. The molecule has 190 valence electrons. The summed E-state index contributed by atoms with van der Waals surface area (Å²) in [5.41, 5.74) is 10.4. The summed E-state index contributed by atoms with van der Waals surface area (Å²) in [6.07, 6.45) is 0. The fourth-order valence-electron chi connectivity index (χ4n) is 4.87. The van der Waals surface area contributed by atoms with E-state index >= 15 is 0 Å². The van der Waals surface area contributed by atoms with Crippen LogP contribution in [0.1, 0.15) is 5.56 Å². The number of hydrogen-bond donors (Lipinski definition) is 1. The van der Waals surface area contributed by atoms with Crippen molar-refractivity contribution in [2.24, 2.45) is 0 Å². The molecule has 0 unspecified atom stereocenters. The van der Waals surface area contributed by atoms with E-state index in [0.29, 0.717) is 17.0 Å². The maximum absolute atomic E-state index is 6.09. The van der Waals surface area contributed by atoms with Crippen LogP contribution in [0.3, 0.4) is 0 Å². The van der Waals surface area contributed by atoms with E-state index in [1.807, 2.05) is 42.5 Å². The molecule has 0 spiro atoms. The number of para-hydroxylation sites is 1. The number of benzene rings is 2. The molecule has 4 heterocycles. The molecule has 10 nitrogen and oxygen atoms in total. The van der Waals surface area contributed by atoms with Crippen molar-refractivity contribution in [3.05, 3.63) is 54.1 Å². The van der Waals surface area contributed by atoms with Crippen LogP contribution in [0.4, 0.5) is 11.8 Å². The number of methoxy groups -OCH3 is 2. The fourth-order valence-corrected chi connectivity index (χ4v) is 4.87. The molecule has 37 heavy (non-hydrogen) atoms. The van der Waals surface area contributed by atoms with E-state index in [9.17, 15) is 0 Å². The first-order valence-corrected chi connectivity index (χ1v) is 12.1. The molecule has 2 N–H and O–H groups in total. The second-order valence-electron chi connectivity index (χ2n) is 8.95. The van der Waals surface area contributed by atoms with Gasteiger partial charge in [0.25, 0.3) is 0 Å². The van der Waals surface area contributed by atoms with Crippen molar-refractivity contribution in [2.75, 3.05) is 57.8 Å². The van der Waals surface area contributed by atoms with E-state index in [2.05, 4.69) is 25.8 Å². The number of nitrogens with zero attached hydrogens (tertiary/aromatic N) is 5. The van der Waals surface area contributed by atoms with Crippen LogP contribution in [0.5, 0.6) is 23.0 Å². The van der Waals surface area contributed by atoms with Crippen LogP contribution < -0.4 is 29.6 Å². The number of pyridine rings is 1. The topological polar surface area (TPSA) is 108 Å². The van der Waals surface area contributed by atoms with Gasteiger partial charge in [0.05, 0.1) is 25.4 Å². The summed E-state index contributed by atoms with van der Waals surface area (Å²) in [5.74, 6) is 3.97. The second kappa shape index (κ2) is 9.62. The zero-order valence-corrected chi connectivity index (χ0v) is 20.8. The molecular formula is C27H28N6O4. The molecule has 0 saturated carbocycles. The normalized spacial score (nSPS) is 15.2. The van der Waals surface area contributed by atoms with Crippen molar-refractivity contribution in [3.63, 3.8) is 0 Å². The van der Waals surface area contributed by atoms with E-state index in [-0.39, 0.29) is 12.7 Å². The molecule has 2 aliphatic heterocycles. The van der Waals surface area contributed by atoms with Crippen LogP contribution in [0, 0.1) is 0 Å². The summed E-state index contributed by atoms with van der Waals surface area (Å²) >= 11 is 0. The van der Waals surface area contributed by atoms with Gasteiger partial charge in [0.1, 0.15) is 5.52 Å². The highest BCUT2D eigenvalue weighted by Gasteiger charge is 2.24. The summed E-state index contributed by atoms with van der Waals surface area (Å²) in [7, 11) is 3.24. The Labute approximate surface area is 214 Å². The van der Waals surface area contributed by atoms with Crippen LogP contribution in [-0.2, 0) is 6.54 Å². The highest BCUT2D eigenvalue weighted by molar-refractivity contribution is 5.88. The van der Waals surface area contributed by atoms with Crippen molar-refractivity contribution in [2.45, 2.75) is 6.54 Å². The van der Waals surface area contributed by atoms with Gasteiger partial charge in [0.2, 0.25) is 12.7 Å². The van der Waals surface area contributed by atoms with Crippen molar-refractivity contribution in [1.82, 2.24) is 19.9 Å². The number of nitrogens with two attached hydrogens (primary N) is 1. The highest BCUT2D eigenvalue weighted by Crippen LogP contribution is 2.36. The molecule has 0 bridgehead atoms. The van der Waals surface area contributed by atoms with Crippen LogP contribution in [-0.4, -0.2) is 67.0 Å². The number of piperazine rings is 1. The van der Waals surface area contributed by atoms with Gasteiger partial charge in [-0.15, -0.1) is 0 Å². The summed E-state index contributed by atoms with van der Waals surface area (Å²) in [6.45, 7) is 4.40. The molecule has 2 aromatic heterocycles. The smallest absolute Gasteiger partial charge is 0.231 e. The van der Waals surface area contributed by atoms with Gasteiger partial charge in [-0.05, 0) is 36.4 Å². The molecule has 10 heteroatoms. The van der Waals surface area contributed by atoms with Gasteiger partial charge in [0, 0.05) is 43.9 Å². The van der Waals surface area contributed by atoms with Crippen molar-refractivity contribution in [1.29, 1.82) is 0 Å². The third-order valence-corrected chi connectivity index (χ3v) is 6.76. The molecule has 0 atom stereocenters. The first-order valence-electron chi connectivity index (χ1n) is 12.1. The first-order chi connectivity index (χ1) is 18.1. The highest BCUT2D eigenvalue weighted by atomic mass is 16.7. The van der Waals surface area contributed by atoms with E-state index < -0.39 is 0 Å². The molecule has 1 fully saturated rings. The van der Waals surface area contributed by atoms with E-state index in [0.717, 1.165) is 72.4 Å². The minimum atomic E-state index is 0.239. The van der Waals surface area contributed by atoms with Gasteiger partial charge < -0.3 is 29.6 Å². The molecule has 2 aliphatic rings. The number of anilines is 2. The molecule has 0 radical (unpaired) electrons. The van der Waals surface area contributed by atoms with Gasteiger partial charge in [-0.25, -0.2) is 9.97 Å². The van der Waals surface area contributed by atoms with Crippen molar-refractivity contribution in [3.8, 4) is 34.3 Å². The molecule has 0 amide bonds. The lowest BCUT2D eigenvalue weighted by molar-refractivity contribution is 0.171. The molecule has 0 aliphatic carbocycles. The van der Waals surface area contributed by atoms with Crippen LogP contribution in [0.15, 0.2) is 48.5 Å². The Morgan fingerprint density at radius 3 is 2.54 bits per heavy atom. The number of nitrogen functional groups attached to an aromatic ring is 1. The van der Waals surface area contributed by atoms with E-state index in [1.54, 1.807) is 14.2 Å². The van der Waals surface area contributed by atoms with Crippen molar-refractivity contribution >= 4 is 22.8 Å². The van der Waals surface area contributed by atoms with E-state index in [4.69, 9.17) is 29.7 Å². The lowest BCUT2D eigenvalue weighted by Crippen LogP contribution is -2.46. The minimum absolute atomic E-state index is 0.239. The third-order valence-electron chi connectivity index (χ3n) is 6.76. The fraction of sp³-hybridized carbons (Fsp3) is 0.296. The monoisotopic (exact) mass is 500 g/mol. The number of rotatable bonds is 6. The Bertz CT molecular complexity index is 1450. The lowest BCUT2D eigenvalue weighted by Gasteiger charge is -2.35.